The van der Waals surface area contributed by atoms with E-state index in [0.29, 0.717) is 25.4 Å². The maximum atomic E-state index is 12.2. The second-order valence-electron chi connectivity index (χ2n) is 7.97. The summed E-state index contributed by atoms with van der Waals surface area (Å²) in [7, 11) is 0. The standard InChI is InChI=1S/C17H31NO3/c1-12-5-7-13(8-6-12)14-11-18(10-9-15(14)19)16(20)21-17(2,3)4/h12-15,19H,5-11H2,1-4H3. The van der Waals surface area contributed by atoms with Gasteiger partial charge in [0.2, 0.25) is 0 Å². The first-order valence-corrected chi connectivity index (χ1v) is 8.42. The van der Waals surface area contributed by atoms with Gasteiger partial charge in [0.25, 0.3) is 0 Å². The van der Waals surface area contributed by atoms with E-state index < -0.39 is 5.60 Å². The smallest absolute Gasteiger partial charge is 0.410 e. The van der Waals surface area contributed by atoms with E-state index in [1.807, 2.05) is 20.8 Å². The molecule has 122 valence electrons. The number of nitrogens with zero attached hydrogens (tertiary/aromatic N) is 1. The Kier molecular flexibility index (Phi) is 5.18. The third kappa shape index (κ3) is 4.60. The highest BCUT2D eigenvalue weighted by Gasteiger charge is 2.37. The first-order chi connectivity index (χ1) is 9.76. The first kappa shape index (κ1) is 16.6. The van der Waals surface area contributed by atoms with E-state index in [9.17, 15) is 9.90 Å². The molecule has 4 heteroatoms. The van der Waals surface area contributed by atoms with Crippen molar-refractivity contribution in [3.8, 4) is 0 Å². The van der Waals surface area contributed by atoms with Crippen LogP contribution >= 0.6 is 0 Å². The molecule has 1 N–H and O–H groups in total. The Bertz CT molecular complexity index is 356. The number of carbonyl (C=O) groups is 1. The van der Waals surface area contributed by atoms with Crippen LogP contribution in [0, 0.1) is 17.8 Å². The van der Waals surface area contributed by atoms with Gasteiger partial charge in [0.05, 0.1) is 6.10 Å². The largest absolute Gasteiger partial charge is 0.444 e. The van der Waals surface area contributed by atoms with Crippen molar-refractivity contribution in [3.05, 3.63) is 0 Å². The molecule has 0 aromatic heterocycles. The molecule has 2 unspecified atom stereocenters. The predicted octanol–water partition coefficient (Wildman–Crippen LogP) is 3.43. The Balaban J connectivity index is 1.94. The quantitative estimate of drug-likeness (QED) is 0.806. The molecule has 0 aromatic rings. The Morgan fingerprint density at radius 3 is 2.33 bits per heavy atom. The predicted molar refractivity (Wildman–Crippen MR) is 83.0 cm³/mol. The van der Waals surface area contributed by atoms with E-state index in [-0.39, 0.29) is 18.1 Å². The van der Waals surface area contributed by atoms with Crippen LogP contribution in [0.25, 0.3) is 0 Å². The van der Waals surface area contributed by atoms with Crippen LogP contribution in [-0.2, 0) is 4.74 Å². The van der Waals surface area contributed by atoms with Crippen LogP contribution in [0.3, 0.4) is 0 Å². The Morgan fingerprint density at radius 2 is 1.76 bits per heavy atom. The number of rotatable bonds is 1. The van der Waals surface area contributed by atoms with Crippen LogP contribution in [0.4, 0.5) is 4.79 Å². The van der Waals surface area contributed by atoms with Crippen LogP contribution < -0.4 is 0 Å². The number of hydrogen-bond donors (Lipinski definition) is 1. The summed E-state index contributed by atoms with van der Waals surface area (Å²) in [6.45, 7) is 9.24. The number of carbonyl (C=O) groups excluding carboxylic acids is 1. The lowest BCUT2D eigenvalue weighted by atomic mass is 9.73. The van der Waals surface area contributed by atoms with Gasteiger partial charge in [0.1, 0.15) is 5.60 Å². The number of hydrogen-bond acceptors (Lipinski definition) is 3. The van der Waals surface area contributed by atoms with Gasteiger partial charge in [-0.25, -0.2) is 4.79 Å². The van der Waals surface area contributed by atoms with Gasteiger partial charge in [-0.3, -0.25) is 0 Å². The molecule has 1 aliphatic heterocycles. The fraction of sp³-hybridized carbons (Fsp3) is 0.941. The zero-order chi connectivity index (χ0) is 15.6. The number of ether oxygens (including phenoxy) is 1. The second kappa shape index (κ2) is 6.55. The lowest BCUT2D eigenvalue weighted by Crippen LogP contribution is -2.50. The summed E-state index contributed by atoms with van der Waals surface area (Å²) in [4.78, 5) is 14.0. The number of piperidine rings is 1. The lowest BCUT2D eigenvalue weighted by Gasteiger charge is -2.42. The molecule has 2 aliphatic rings. The molecule has 1 saturated heterocycles. The average Bonchev–Trinajstić information content (AvgIpc) is 2.38. The van der Waals surface area contributed by atoms with E-state index >= 15 is 0 Å². The normalized spacial score (nSPS) is 34.6. The lowest BCUT2D eigenvalue weighted by molar-refractivity contribution is -0.0285. The second-order valence-corrected chi connectivity index (χ2v) is 7.97. The minimum Gasteiger partial charge on any atom is -0.444 e. The number of amides is 1. The summed E-state index contributed by atoms with van der Waals surface area (Å²) in [5, 5.41) is 10.3. The third-order valence-electron chi connectivity index (χ3n) is 4.94. The molecule has 1 aliphatic carbocycles. The number of aliphatic hydroxyl groups is 1. The van der Waals surface area contributed by atoms with Gasteiger partial charge in [-0.2, -0.15) is 0 Å². The van der Waals surface area contributed by atoms with Crippen LogP contribution in [-0.4, -0.2) is 40.9 Å². The van der Waals surface area contributed by atoms with Crippen molar-refractivity contribution >= 4 is 6.09 Å². The van der Waals surface area contributed by atoms with Gasteiger partial charge >= 0.3 is 6.09 Å². The topological polar surface area (TPSA) is 49.8 Å². The van der Waals surface area contributed by atoms with E-state index in [0.717, 1.165) is 5.92 Å². The van der Waals surface area contributed by atoms with Crippen molar-refractivity contribution in [2.75, 3.05) is 13.1 Å². The molecular formula is C17H31NO3. The molecule has 21 heavy (non-hydrogen) atoms. The van der Waals surface area contributed by atoms with Gasteiger partial charge in [0, 0.05) is 19.0 Å². The van der Waals surface area contributed by atoms with Crippen LogP contribution in [0.15, 0.2) is 0 Å². The highest BCUT2D eigenvalue weighted by molar-refractivity contribution is 5.68. The van der Waals surface area contributed by atoms with Crippen molar-refractivity contribution in [3.63, 3.8) is 0 Å². The maximum Gasteiger partial charge on any atom is 0.410 e. The third-order valence-corrected chi connectivity index (χ3v) is 4.94. The molecule has 4 nitrogen and oxygen atoms in total. The molecule has 0 bridgehead atoms. The molecule has 2 fully saturated rings. The molecule has 2 atom stereocenters. The highest BCUT2D eigenvalue weighted by Crippen LogP contribution is 2.37. The first-order valence-electron chi connectivity index (χ1n) is 8.42. The Morgan fingerprint density at radius 1 is 1.14 bits per heavy atom. The van der Waals surface area contributed by atoms with Gasteiger partial charge in [-0.15, -0.1) is 0 Å². The van der Waals surface area contributed by atoms with Crippen LogP contribution in [0.5, 0.6) is 0 Å². The fourth-order valence-electron chi connectivity index (χ4n) is 3.64. The summed E-state index contributed by atoms with van der Waals surface area (Å²) < 4.78 is 5.47. The number of aliphatic hydroxyl groups excluding tert-OH is 1. The van der Waals surface area contributed by atoms with Crippen molar-refractivity contribution in [1.29, 1.82) is 0 Å². The highest BCUT2D eigenvalue weighted by atomic mass is 16.6. The summed E-state index contributed by atoms with van der Waals surface area (Å²) in [5.41, 5.74) is -0.455. The Labute approximate surface area is 128 Å². The van der Waals surface area contributed by atoms with E-state index in [2.05, 4.69) is 6.92 Å². The van der Waals surface area contributed by atoms with Crippen molar-refractivity contribution in [2.24, 2.45) is 17.8 Å². The molecule has 0 radical (unpaired) electrons. The van der Waals surface area contributed by atoms with Crippen molar-refractivity contribution in [2.45, 2.75) is 71.5 Å². The van der Waals surface area contributed by atoms with Gasteiger partial charge in [-0.1, -0.05) is 19.8 Å². The molecule has 1 heterocycles. The SMILES string of the molecule is CC1CCC(C2CN(C(=O)OC(C)(C)C)CCC2O)CC1. The monoisotopic (exact) mass is 297 g/mol. The molecule has 0 spiro atoms. The summed E-state index contributed by atoms with van der Waals surface area (Å²) in [5.74, 6) is 1.59. The summed E-state index contributed by atoms with van der Waals surface area (Å²) in [6, 6.07) is 0. The number of likely N-dealkylation sites (tertiary alicyclic amines) is 1. The molecule has 0 aromatic carbocycles. The van der Waals surface area contributed by atoms with E-state index in [4.69, 9.17) is 4.74 Å². The van der Waals surface area contributed by atoms with Crippen molar-refractivity contribution < 1.29 is 14.6 Å². The molecule has 1 saturated carbocycles. The van der Waals surface area contributed by atoms with Gasteiger partial charge in [-0.05, 0) is 51.9 Å². The van der Waals surface area contributed by atoms with E-state index in [1.54, 1.807) is 4.90 Å². The van der Waals surface area contributed by atoms with Crippen LogP contribution in [0.2, 0.25) is 0 Å². The molecular weight excluding hydrogens is 266 g/mol. The van der Waals surface area contributed by atoms with Gasteiger partial charge < -0.3 is 14.7 Å². The minimum absolute atomic E-state index is 0.221. The zero-order valence-corrected chi connectivity index (χ0v) is 14.0. The molecule has 2 rings (SSSR count). The molecule has 1 amide bonds. The maximum absolute atomic E-state index is 12.2. The Hall–Kier alpha value is -0.770. The van der Waals surface area contributed by atoms with Gasteiger partial charge in [0.15, 0.2) is 0 Å². The zero-order valence-electron chi connectivity index (χ0n) is 14.0. The summed E-state index contributed by atoms with van der Waals surface area (Å²) >= 11 is 0. The van der Waals surface area contributed by atoms with Crippen molar-refractivity contribution in [1.82, 2.24) is 4.90 Å². The fourth-order valence-corrected chi connectivity index (χ4v) is 3.64. The van der Waals surface area contributed by atoms with Crippen LogP contribution in [0.1, 0.15) is 59.8 Å². The minimum atomic E-state index is -0.455. The van der Waals surface area contributed by atoms with E-state index in [1.165, 1.54) is 25.7 Å². The summed E-state index contributed by atoms with van der Waals surface area (Å²) in [6.07, 6.45) is 5.05. The average molecular weight is 297 g/mol.